The number of amides is 1. The van der Waals surface area contributed by atoms with E-state index in [1.165, 1.54) is 0 Å². The predicted molar refractivity (Wildman–Crippen MR) is 107 cm³/mol. The highest BCUT2D eigenvalue weighted by atomic mass is 35.5. The molecule has 0 atom stereocenters. The number of hydrogen-bond donors (Lipinski definition) is 1. The van der Waals surface area contributed by atoms with Crippen LogP contribution in [0.15, 0.2) is 21.3 Å². The van der Waals surface area contributed by atoms with Crippen LogP contribution in [0, 0.1) is 13.8 Å². The molecule has 2 heterocycles. The number of halogens is 1. The van der Waals surface area contributed by atoms with Gasteiger partial charge in [0.1, 0.15) is 11.3 Å². The van der Waals surface area contributed by atoms with E-state index in [0.717, 1.165) is 50.2 Å². The molecule has 0 unspecified atom stereocenters. The van der Waals surface area contributed by atoms with Crippen molar-refractivity contribution >= 4 is 28.5 Å². The molecule has 152 valence electrons. The molecule has 0 radical (unpaired) electrons. The smallest absolute Gasteiger partial charge is 0.339 e. The number of ether oxygens (including phenoxy) is 2. The van der Waals surface area contributed by atoms with Gasteiger partial charge in [0, 0.05) is 36.7 Å². The van der Waals surface area contributed by atoms with Crippen LogP contribution in [0.3, 0.4) is 0 Å². The number of fused-ring (bicyclic) bond motifs is 1. The van der Waals surface area contributed by atoms with Gasteiger partial charge >= 0.3 is 5.63 Å². The highest BCUT2D eigenvalue weighted by Crippen LogP contribution is 2.31. The lowest BCUT2D eigenvalue weighted by molar-refractivity contribution is -0.123. The average Bonchev–Trinajstić information content (AvgIpc) is 2.69. The van der Waals surface area contributed by atoms with Crippen molar-refractivity contribution in [3.8, 4) is 5.75 Å². The molecule has 1 amide bonds. The van der Waals surface area contributed by atoms with Gasteiger partial charge in [0.05, 0.1) is 18.2 Å². The first-order valence-corrected chi connectivity index (χ1v) is 9.76. The molecule has 1 fully saturated rings. The van der Waals surface area contributed by atoms with Gasteiger partial charge in [-0.25, -0.2) is 4.79 Å². The quantitative estimate of drug-likeness (QED) is 0.559. The van der Waals surface area contributed by atoms with E-state index in [2.05, 4.69) is 10.2 Å². The molecule has 0 bridgehead atoms. The molecular formula is C20H25ClN2O5. The Morgan fingerprint density at radius 2 is 2.00 bits per heavy atom. The SMILES string of the molecule is Cc1c(C)c2cc(Cl)c(OCC(=O)NCCCN3CCOCC3)cc2oc1=O. The Morgan fingerprint density at radius 1 is 1.25 bits per heavy atom. The lowest BCUT2D eigenvalue weighted by atomic mass is 10.1. The molecule has 1 aliphatic heterocycles. The molecule has 0 aliphatic carbocycles. The summed E-state index contributed by atoms with van der Waals surface area (Å²) in [6, 6.07) is 3.24. The topological polar surface area (TPSA) is 81.0 Å². The van der Waals surface area contributed by atoms with Crippen LogP contribution < -0.4 is 15.7 Å². The summed E-state index contributed by atoms with van der Waals surface area (Å²) in [5, 5.41) is 3.95. The molecule has 3 rings (SSSR count). The Labute approximate surface area is 168 Å². The number of aryl methyl sites for hydroxylation is 1. The van der Waals surface area contributed by atoms with Crippen LogP contribution in [0.25, 0.3) is 11.0 Å². The van der Waals surface area contributed by atoms with Gasteiger partial charge in [0.25, 0.3) is 5.91 Å². The van der Waals surface area contributed by atoms with Gasteiger partial charge < -0.3 is 19.2 Å². The zero-order chi connectivity index (χ0) is 20.1. The second kappa shape index (κ2) is 9.41. The molecule has 0 saturated carbocycles. The third-order valence-electron chi connectivity index (χ3n) is 4.95. The zero-order valence-electron chi connectivity index (χ0n) is 16.2. The van der Waals surface area contributed by atoms with Crippen LogP contribution in [-0.4, -0.2) is 56.8 Å². The van der Waals surface area contributed by atoms with Crippen molar-refractivity contribution in [3.63, 3.8) is 0 Å². The second-order valence-corrected chi connectivity index (χ2v) is 7.27. The van der Waals surface area contributed by atoms with Gasteiger partial charge in [-0.05, 0) is 38.4 Å². The molecule has 1 saturated heterocycles. The van der Waals surface area contributed by atoms with Crippen LogP contribution in [-0.2, 0) is 9.53 Å². The lowest BCUT2D eigenvalue weighted by Crippen LogP contribution is -2.38. The number of carbonyl (C=O) groups excluding carboxylic acids is 1. The first kappa shape index (κ1) is 20.6. The third-order valence-corrected chi connectivity index (χ3v) is 5.24. The summed E-state index contributed by atoms with van der Waals surface area (Å²) in [6.45, 7) is 8.32. The van der Waals surface area contributed by atoms with Crippen molar-refractivity contribution in [1.29, 1.82) is 0 Å². The maximum atomic E-state index is 12.0. The first-order chi connectivity index (χ1) is 13.5. The fraction of sp³-hybridized carbons (Fsp3) is 0.500. The zero-order valence-corrected chi connectivity index (χ0v) is 16.9. The van der Waals surface area contributed by atoms with E-state index < -0.39 is 5.63 Å². The van der Waals surface area contributed by atoms with Gasteiger partial charge in [0.2, 0.25) is 0 Å². The van der Waals surface area contributed by atoms with Crippen LogP contribution in [0.4, 0.5) is 0 Å². The number of morpholine rings is 1. The largest absolute Gasteiger partial charge is 0.482 e. The number of rotatable bonds is 7. The van der Waals surface area contributed by atoms with Crippen LogP contribution in [0.5, 0.6) is 5.75 Å². The summed E-state index contributed by atoms with van der Waals surface area (Å²) in [4.78, 5) is 26.2. The van der Waals surface area contributed by atoms with E-state index in [0.29, 0.717) is 28.5 Å². The highest BCUT2D eigenvalue weighted by Gasteiger charge is 2.13. The molecular weight excluding hydrogens is 384 g/mol. The molecule has 7 nitrogen and oxygen atoms in total. The fourth-order valence-electron chi connectivity index (χ4n) is 3.10. The Morgan fingerprint density at radius 3 is 2.75 bits per heavy atom. The van der Waals surface area contributed by atoms with E-state index in [4.69, 9.17) is 25.5 Å². The summed E-state index contributed by atoms with van der Waals surface area (Å²) in [5.74, 6) is 0.0868. The maximum absolute atomic E-state index is 12.0. The first-order valence-electron chi connectivity index (χ1n) is 9.39. The number of hydrogen-bond acceptors (Lipinski definition) is 6. The number of nitrogens with zero attached hydrogens (tertiary/aromatic N) is 1. The van der Waals surface area contributed by atoms with Crippen LogP contribution in [0.2, 0.25) is 5.02 Å². The Bertz CT molecular complexity index is 906. The standard InChI is InChI=1S/C20H25ClN2O5/c1-13-14(2)20(25)28-17-11-18(16(21)10-15(13)17)27-12-19(24)22-4-3-5-23-6-8-26-9-7-23/h10-11H,3-9,12H2,1-2H3,(H,22,24). The van der Waals surface area contributed by atoms with E-state index >= 15 is 0 Å². The van der Waals surface area contributed by atoms with E-state index in [1.54, 1.807) is 19.1 Å². The second-order valence-electron chi connectivity index (χ2n) is 6.86. The monoisotopic (exact) mass is 408 g/mol. The normalized spacial score (nSPS) is 15.0. The molecule has 1 aromatic carbocycles. The molecule has 1 aromatic heterocycles. The van der Waals surface area contributed by atoms with E-state index in [1.807, 2.05) is 6.92 Å². The van der Waals surface area contributed by atoms with Gasteiger partial charge in [-0.2, -0.15) is 0 Å². The highest BCUT2D eigenvalue weighted by molar-refractivity contribution is 6.32. The van der Waals surface area contributed by atoms with Crippen molar-refractivity contribution in [2.75, 3.05) is 46.0 Å². The van der Waals surface area contributed by atoms with Crippen molar-refractivity contribution in [1.82, 2.24) is 10.2 Å². The Hall–Kier alpha value is -2.09. The fourth-order valence-corrected chi connectivity index (χ4v) is 3.32. The Balaban J connectivity index is 1.51. The average molecular weight is 409 g/mol. The minimum Gasteiger partial charge on any atom is -0.482 e. The predicted octanol–water partition coefficient (Wildman–Crippen LogP) is 2.28. The summed E-state index contributed by atoms with van der Waals surface area (Å²) < 4.78 is 16.1. The minimum atomic E-state index is -0.392. The Kier molecular flexibility index (Phi) is 6.93. The molecule has 0 spiro atoms. The molecule has 2 aromatic rings. The molecule has 28 heavy (non-hydrogen) atoms. The third kappa shape index (κ3) is 5.04. The van der Waals surface area contributed by atoms with Crippen LogP contribution >= 0.6 is 11.6 Å². The maximum Gasteiger partial charge on any atom is 0.339 e. The van der Waals surface area contributed by atoms with Crippen molar-refractivity contribution in [2.24, 2.45) is 0 Å². The summed E-state index contributed by atoms with van der Waals surface area (Å²) >= 11 is 6.27. The molecule has 1 aliphatic rings. The van der Waals surface area contributed by atoms with Crippen LogP contribution in [0.1, 0.15) is 17.5 Å². The lowest BCUT2D eigenvalue weighted by Gasteiger charge is -2.26. The van der Waals surface area contributed by atoms with Gasteiger partial charge in [-0.1, -0.05) is 11.6 Å². The van der Waals surface area contributed by atoms with Gasteiger partial charge in [-0.3, -0.25) is 9.69 Å². The number of nitrogens with one attached hydrogen (secondary N) is 1. The summed E-state index contributed by atoms with van der Waals surface area (Å²) in [7, 11) is 0. The van der Waals surface area contributed by atoms with E-state index in [-0.39, 0.29) is 12.5 Å². The molecule has 8 heteroatoms. The van der Waals surface area contributed by atoms with Gasteiger partial charge in [-0.15, -0.1) is 0 Å². The number of benzene rings is 1. The number of carbonyl (C=O) groups is 1. The summed E-state index contributed by atoms with van der Waals surface area (Å²) in [6.07, 6.45) is 0.867. The summed E-state index contributed by atoms with van der Waals surface area (Å²) in [5.41, 5.74) is 1.36. The van der Waals surface area contributed by atoms with Crippen molar-refractivity contribution < 1.29 is 18.7 Å². The van der Waals surface area contributed by atoms with Crippen molar-refractivity contribution in [2.45, 2.75) is 20.3 Å². The molecule has 1 N–H and O–H groups in total. The van der Waals surface area contributed by atoms with E-state index in [9.17, 15) is 9.59 Å². The van der Waals surface area contributed by atoms with Gasteiger partial charge in [0.15, 0.2) is 6.61 Å². The minimum absolute atomic E-state index is 0.155. The van der Waals surface area contributed by atoms with Crippen molar-refractivity contribution in [3.05, 3.63) is 38.7 Å².